The average molecular weight is 1000 g/mol. The molecule has 9 heteroatoms. The van der Waals surface area contributed by atoms with Gasteiger partial charge in [-0.25, -0.2) is 4.79 Å². The summed E-state index contributed by atoms with van der Waals surface area (Å²) in [5.74, 6) is -2.11. The zero-order valence-corrected chi connectivity index (χ0v) is 47.1. The first-order chi connectivity index (χ1) is 34.6. The summed E-state index contributed by atoms with van der Waals surface area (Å²) in [4.78, 5) is 37.2. The van der Waals surface area contributed by atoms with E-state index in [1.807, 2.05) is 33.3 Å². The first-order valence-electron chi connectivity index (χ1n) is 29.8. The van der Waals surface area contributed by atoms with Gasteiger partial charge < -0.3 is 28.5 Å². The Labute approximate surface area is 438 Å². The van der Waals surface area contributed by atoms with Crippen LogP contribution in [0.5, 0.6) is 0 Å². The van der Waals surface area contributed by atoms with Gasteiger partial charge in [0.1, 0.15) is 13.2 Å². The van der Waals surface area contributed by atoms with Crippen LogP contribution in [-0.4, -0.2) is 87.4 Å². The number of esters is 2. The molecule has 0 aliphatic carbocycles. The lowest BCUT2D eigenvalue weighted by molar-refractivity contribution is -0.870. The Balaban J connectivity index is 4.03. The van der Waals surface area contributed by atoms with Crippen molar-refractivity contribution in [2.45, 2.75) is 283 Å². The zero-order chi connectivity index (χ0) is 52.0. The van der Waals surface area contributed by atoms with Crippen molar-refractivity contribution in [3.63, 3.8) is 0 Å². The number of carboxylic acids is 1. The minimum Gasteiger partial charge on any atom is -0.477 e. The molecule has 9 nitrogen and oxygen atoms in total. The number of allylic oxidation sites excluding steroid dienone is 8. The van der Waals surface area contributed by atoms with Crippen LogP contribution in [0, 0.1) is 0 Å². The minimum atomic E-state index is -1.53. The zero-order valence-electron chi connectivity index (χ0n) is 47.1. The van der Waals surface area contributed by atoms with Crippen LogP contribution in [0.4, 0.5) is 0 Å². The predicted octanol–water partition coefficient (Wildman–Crippen LogP) is 17.5. The van der Waals surface area contributed by atoms with E-state index < -0.39 is 24.3 Å². The predicted molar refractivity (Wildman–Crippen MR) is 300 cm³/mol. The van der Waals surface area contributed by atoms with Gasteiger partial charge in [0.15, 0.2) is 6.10 Å². The van der Waals surface area contributed by atoms with E-state index in [0.717, 1.165) is 44.9 Å². The molecule has 0 spiro atoms. The highest BCUT2D eigenvalue weighted by molar-refractivity contribution is 5.71. The number of carbonyl (C=O) groups excluding carboxylic acids is 2. The fraction of sp³-hybridized carbons (Fsp3) is 0.823. The Bertz CT molecular complexity index is 1300. The fourth-order valence-electron chi connectivity index (χ4n) is 8.56. The summed E-state index contributed by atoms with van der Waals surface area (Å²) in [7, 11) is 5.94. The van der Waals surface area contributed by atoms with E-state index >= 15 is 0 Å². The number of hydrogen-bond donors (Lipinski definition) is 1. The molecule has 0 saturated carbocycles. The number of carboxylic acid groups (broad SMARTS) is 1. The third-order valence-electron chi connectivity index (χ3n) is 13.1. The van der Waals surface area contributed by atoms with E-state index in [1.54, 1.807) is 0 Å². The molecule has 0 bridgehead atoms. The highest BCUT2D eigenvalue weighted by Gasteiger charge is 2.25. The Morgan fingerprint density at radius 2 is 0.803 bits per heavy atom. The highest BCUT2D eigenvalue weighted by atomic mass is 16.7. The first-order valence-corrected chi connectivity index (χ1v) is 29.8. The summed E-state index contributed by atoms with van der Waals surface area (Å²) in [5.41, 5.74) is 0. The smallest absolute Gasteiger partial charge is 0.361 e. The lowest BCUT2D eigenvalue weighted by Crippen LogP contribution is -2.40. The van der Waals surface area contributed by atoms with Crippen LogP contribution in [0.25, 0.3) is 0 Å². The molecule has 0 radical (unpaired) electrons. The molecule has 414 valence electrons. The van der Waals surface area contributed by atoms with Crippen LogP contribution >= 0.6 is 0 Å². The van der Waals surface area contributed by atoms with E-state index in [1.165, 1.54) is 193 Å². The summed E-state index contributed by atoms with van der Waals surface area (Å²) in [6, 6.07) is 0. The van der Waals surface area contributed by atoms with Crippen molar-refractivity contribution in [3.8, 4) is 0 Å². The molecular formula is C62H114NO8+. The molecule has 2 atom stereocenters. The lowest BCUT2D eigenvalue weighted by Gasteiger charge is -2.25. The number of aliphatic carboxylic acids is 1. The van der Waals surface area contributed by atoms with Crippen LogP contribution in [0.15, 0.2) is 48.6 Å². The van der Waals surface area contributed by atoms with E-state index in [9.17, 15) is 19.5 Å². The minimum absolute atomic E-state index is 0.140. The first kappa shape index (κ1) is 68.2. The van der Waals surface area contributed by atoms with Gasteiger partial charge in [-0.05, 0) is 38.5 Å². The topological polar surface area (TPSA) is 108 Å². The van der Waals surface area contributed by atoms with Crippen LogP contribution in [0.3, 0.4) is 0 Å². The van der Waals surface area contributed by atoms with Crippen molar-refractivity contribution in [3.05, 3.63) is 48.6 Å². The molecule has 0 aromatic carbocycles. The highest BCUT2D eigenvalue weighted by Crippen LogP contribution is 2.18. The molecule has 0 rings (SSSR count). The second kappa shape index (κ2) is 53.5. The molecule has 0 aliphatic rings. The molecule has 0 fully saturated rings. The van der Waals surface area contributed by atoms with Gasteiger partial charge in [0, 0.05) is 12.8 Å². The van der Waals surface area contributed by atoms with Gasteiger partial charge in [-0.2, -0.15) is 0 Å². The maximum absolute atomic E-state index is 12.8. The van der Waals surface area contributed by atoms with Crippen LogP contribution in [-0.2, 0) is 33.3 Å². The summed E-state index contributed by atoms with van der Waals surface area (Å²) < 4.78 is 22.7. The van der Waals surface area contributed by atoms with Crippen molar-refractivity contribution >= 4 is 17.9 Å². The average Bonchev–Trinajstić information content (AvgIpc) is 3.34. The molecule has 71 heavy (non-hydrogen) atoms. The second-order valence-corrected chi connectivity index (χ2v) is 21.3. The molecule has 0 aromatic heterocycles. The number of rotatable bonds is 55. The lowest BCUT2D eigenvalue weighted by atomic mass is 10.0. The van der Waals surface area contributed by atoms with Crippen molar-refractivity contribution in [1.82, 2.24) is 0 Å². The molecule has 0 aromatic rings. The molecule has 0 amide bonds. The van der Waals surface area contributed by atoms with Gasteiger partial charge in [-0.15, -0.1) is 0 Å². The monoisotopic (exact) mass is 1000 g/mol. The summed E-state index contributed by atoms with van der Waals surface area (Å²) in [5, 5.41) is 9.67. The van der Waals surface area contributed by atoms with E-state index in [-0.39, 0.29) is 32.2 Å². The second-order valence-electron chi connectivity index (χ2n) is 21.3. The molecule has 0 heterocycles. The van der Waals surface area contributed by atoms with Crippen molar-refractivity contribution in [2.75, 3.05) is 47.5 Å². The maximum Gasteiger partial charge on any atom is 0.361 e. The number of quaternary nitrogens is 1. The number of unbranched alkanes of at least 4 members (excludes halogenated alkanes) is 32. The standard InChI is InChI=1S/C62H113NO8/c1-6-8-10-12-14-16-18-20-21-22-23-24-25-26-27-28-29-30-31-32-33-34-35-36-37-38-39-41-42-44-46-48-50-52-59(64)69-56-58(57-70-62(61(66)67)68-55-54-63(3,4)5)71-60(65)53-51-49-47-45-43-40-19-17-15-13-11-9-7-2/h9,11,15,17,40,43,47,49,58,62H,6-8,10,12-14,16,18-39,41-42,44-46,48,50-57H2,1-5H3/p+1/b11-9-,17-15-,43-40-,49-47-. The SMILES string of the molecule is CC/C=C\C/C=C\C/C=C\C/C=C\CCC(=O)OC(COC(=O)CCCCCCCCCCCCCCCCCCCCCCCCCCCCCCCCCCC)COC(OCC[N+](C)(C)C)C(=O)O. The van der Waals surface area contributed by atoms with Gasteiger partial charge in [-0.3, -0.25) is 9.59 Å². The summed E-state index contributed by atoms with van der Waals surface area (Å²) >= 11 is 0. The fourth-order valence-corrected chi connectivity index (χ4v) is 8.56. The van der Waals surface area contributed by atoms with Crippen LogP contribution < -0.4 is 0 Å². The third kappa shape index (κ3) is 54.9. The van der Waals surface area contributed by atoms with E-state index in [0.29, 0.717) is 23.9 Å². The Kier molecular flexibility index (Phi) is 51.5. The summed E-state index contributed by atoms with van der Waals surface area (Å²) in [6.07, 6.45) is 64.0. The van der Waals surface area contributed by atoms with Crippen molar-refractivity contribution < 1.29 is 42.9 Å². The molecule has 1 N–H and O–H groups in total. The van der Waals surface area contributed by atoms with E-state index in [2.05, 4.69) is 50.3 Å². The number of likely N-dealkylation sites (N-methyl/N-ethyl adjacent to an activating group) is 1. The number of nitrogens with zero attached hydrogens (tertiary/aromatic N) is 1. The molecular weight excluding hydrogens is 887 g/mol. The quantitative estimate of drug-likeness (QED) is 0.0211. The van der Waals surface area contributed by atoms with Gasteiger partial charge in [0.05, 0.1) is 34.4 Å². The number of hydrogen-bond acceptors (Lipinski definition) is 7. The maximum atomic E-state index is 12.8. The largest absolute Gasteiger partial charge is 0.477 e. The van der Waals surface area contributed by atoms with Gasteiger partial charge in [0.25, 0.3) is 6.29 Å². The van der Waals surface area contributed by atoms with Crippen LogP contribution in [0.2, 0.25) is 0 Å². The van der Waals surface area contributed by atoms with Gasteiger partial charge in [0.2, 0.25) is 0 Å². The number of carbonyl (C=O) groups is 3. The summed E-state index contributed by atoms with van der Waals surface area (Å²) in [6.45, 7) is 4.70. The molecule has 0 aliphatic heterocycles. The third-order valence-corrected chi connectivity index (χ3v) is 13.1. The van der Waals surface area contributed by atoms with Gasteiger partial charge in [-0.1, -0.05) is 268 Å². The number of ether oxygens (including phenoxy) is 4. The molecule has 0 saturated heterocycles. The van der Waals surface area contributed by atoms with Crippen LogP contribution in [0.1, 0.15) is 271 Å². The van der Waals surface area contributed by atoms with E-state index in [4.69, 9.17) is 18.9 Å². The van der Waals surface area contributed by atoms with Gasteiger partial charge >= 0.3 is 17.9 Å². The molecule has 2 unspecified atom stereocenters. The normalized spacial score (nSPS) is 13.1. The Hall–Kier alpha value is -2.75. The van der Waals surface area contributed by atoms with Crippen molar-refractivity contribution in [2.24, 2.45) is 0 Å². The van der Waals surface area contributed by atoms with Crippen molar-refractivity contribution in [1.29, 1.82) is 0 Å². The Morgan fingerprint density at radius 1 is 0.437 bits per heavy atom. The Morgan fingerprint density at radius 3 is 1.17 bits per heavy atom.